The van der Waals surface area contributed by atoms with E-state index in [0.29, 0.717) is 10.7 Å². The van der Waals surface area contributed by atoms with Crippen LogP contribution in [0.1, 0.15) is 33.6 Å². The number of carbonyl (C=O) groups excluding carboxylic acids is 1. The van der Waals surface area contributed by atoms with Crippen LogP contribution in [0.5, 0.6) is 5.75 Å². The third-order valence-corrected chi connectivity index (χ3v) is 7.35. The van der Waals surface area contributed by atoms with Crippen molar-refractivity contribution < 1.29 is 14.3 Å². The summed E-state index contributed by atoms with van der Waals surface area (Å²) >= 11 is 7.35. The minimum atomic E-state index is -0.274. The maximum absolute atomic E-state index is 12.4. The van der Waals surface area contributed by atoms with Gasteiger partial charge in [-0.25, -0.2) is 4.79 Å². The molecule has 0 bridgehead atoms. The zero-order valence-corrected chi connectivity index (χ0v) is 19.0. The number of carbonyl (C=O) groups is 1. The van der Waals surface area contributed by atoms with Crippen LogP contribution in [0.2, 0.25) is 0 Å². The lowest BCUT2D eigenvalue weighted by Gasteiger charge is -2.37. The highest BCUT2D eigenvalue weighted by atomic mass is 32.1. The lowest BCUT2D eigenvalue weighted by atomic mass is 9.95. The molecule has 1 aliphatic carbocycles. The van der Waals surface area contributed by atoms with Gasteiger partial charge in [0.05, 0.1) is 19.8 Å². The molecule has 2 aliphatic rings. The molecular weight excluding hydrogens is 418 g/mol. The van der Waals surface area contributed by atoms with Crippen molar-refractivity contribution in [3.8, 4) is 5.75 Å². The van der Waals surface area contributed by atoms with Crippen LogP contribution < -0.4 is 15.0 Å². The van der Waals surface area contributed by atoms with Crippen molar-refractivity contribution in [1.29, 1.82) is 0 Å². The number of nitrogens with one attached hydrogen (secondary N) is 1. The number of anilines is 2. The van der Waals surface area contributed by atoms with Crippen molar-refractivity contribution in [3.63, 3.8) is 0 Å². The molecule has 1 aliphatic heterocycles. The summed E-state index contributed by atoms with van der Waals surface area (Å²) in [6.45, 7) is 3.44. The molecule has 30 heavy (non-hydrogen) atoms. The number of hydrogen-bond acceptors (Lipinski definition) is 6. The quantitative estimate of drug-likeness (QED) is 0.565. The first kappa shape index (κ1) is 20.9. The minimum Gasteiger partial charge on any atom is -0.497 e. The molecule has 0 atom stereocenters. The smallest absolute Gasteiger partial charge is 0.341 e. The Morgan fingerprint density at radius 3 is 2.43 bits per heavy atom. The van der Waals surface area contributed by atoms with E-state index in [4.69, 9.17) is 21.7 Å². The Bertz CT molecular complexity index is 918. The molecule has 1 aromatic carbocycles. The van der Waals surface area contributed by atoms with E-state index < -0.39 is 0 Å². The Morgan fingerprint density at radius 1 is 1.07 bits per heavy atom. The number of benzene rings is 1. The number of esters is 1. The fourth-order valence-electron chi connectivity index (χ4n) is 4.11. The zero-order chi connectivity index (χ0) is 21.1. The molecule has 0 spiro atoms. The van der Waals surface area contributed by atoms with Crippen LogP contribution in [0, 0.1) is 0 Å². The van der Waals surface area contributed by atoms with Crippen molar-refractivity contribution in [3.05, 3.63) is 40.3 Å². The summed E-state index contributed by atoms with van der Waals surface area (Å²) in [6.07, 6.45) is 4.25. The van der Waals surface area contributed by atoms with E-state index in [1.165, 1.54) is 24.1 Å². The molecule has 2 heterocycles. The molecule has 2 aromatic rings. The van der Waals surface area contributed by atoms with Crippen molar-refractivity contribution in [1.82, 2.24) is 4.90 Å². The normalized spacial score (nSPS) is 16.1. The van der Waals surface area contributed by atoms with Gasteiger partial charge in [0.15, 0.2) is 5.11 Å². The Balaban J connectivity index is 1.41. The highest BCUT2D eigenvalue weighted by Gasteiger charge is 2.27. The second kappa shape index (κ2) is 9.22. The number of hydrogen-bond donors (Lipinski definition) is 1. The second-order valence-electron chi connectivity index (χ2n) is 7.51. The molecule has 160 valence electrons. The van der Waals surface area contributed by atoms with Crippen LogP contribution in [0.15, 0.2) is 24.3 Å². The van der Waals surface area contributed by atoms with Crippen LogP contribution in [0.4, 0.5) is 10.7 Å². The maximum Gasteiger partial charge on any atom is 0.341 e. The number of ether oxygens (including phenoxy) is 2. The molecule has 1 N–H and O–H groups in total. The molecule has 0 unspecified atom stereocenters. The van der Waals surface area contributed by atoms with Gasteiger partial charge in [-0.3, -0.25) is 0 Å². The number of fused-ring (bicyclic) bond motifs is 1. The van der Waals surface area contributed by atoms with Crippen molar-refractivity contribution in [2.45, 2.75) is 25.7 Å². The average Bonchev–Trinajstić information content (AvgIpc) is 3.16. The Labute approximate surface area is 186 Å². The summed E-state index contributed by atoms with van der Waals surface area (Å²) in [5.74, 6) is 0.590. The van der Waals surface area contributed by atoms with Crippen LogP contribution in [0.3, 0.4) is 0 Å². The zero-order valence-electron chi connectivity index (χ0n) is 17.4. The summed E-state index contributed by atoms with van der Waals surface area (Å²) in [4.78, 5) is 18.3. The summed E-state index contributed by atoms with van der Waals surface area (Å²) < 4.78 is 10.3. The predicted octanol–water partition coefficient (Wildman–Crippen LogP) is 3.94. The van der Waals surface area contributed by atoms with Crippen LogP contribution >= 0.6 is 23.6 Å². The van der Waals surface area contributed by atoms with Gasteiger partial charge < -0.3 is 24.6 Å². The number of aryl methyl sites for hydroxylation is 1. The predicted molar refractivity (Wildman–Crippen MR) is 125 cm³/mol. The van der Waals surface area contributed by atoms with E-state index in [0.717, 1.165) is 61.8 Å². The van der Waals surface area contributed by atoms with Gasteiger partial charge in [0, 0.05) is 36.7 Å². The molecular formula is C22H27N3O3S2. The van der Waals surface area contributed by atoms with Gasteiger partial charge >= 0.3 is 5.97 Å². The monoisotopic (exact) mass is 445 g/mol. The van der Waals surface area contributed by atoms with E-state index in [9.17, 15) is 4.79 Å². The fourth-order valence-corrected chi connectivity index (χ4v) is 5.73. The van der Waals surface area contributed by atoms with E-state index >= 15 is 0 Å². The first-order valence-corrected chi connectivity index (χ1v) is 11.5. The van der Waals surface area contributed by atoms with Crippen LogP contribution in [0.25, 0.3) is 0 Å². The highest BCUT2D eigenvalue weighted by Crippen LogP contribution is 2.38. The number of thiocarbonyl (C=S) groups is 1. The molecule has 1 fully saturated rings. The van der Waals surface area contributed by atoms with E-state index in [2.05, 4.69) is 27.2 Å². The van der Waals surface area contributed by atoms with Gasteiger partial charge in [-0.2, -0.15) is 0 Å². The third-order valence-electron chi connectivity index (χ3n) is 5.79. The van der Waals surface area contributed by atoms with Gasteiger partial charge in [0.1, 0.15) is 10.8 Å². The number of nitrogens with zero attached hydrogens (tertiary/aromatic N) is 2. The van der Waals surface area contributed by atoms with Gasteiger partial charge in [-0.05, 0) is 67.7 Å². The molecule has 0 radical (unpaired) electrons. The first-order valence-electron chi connectivity index (χ1n) is 10.3. The Hall–Kier alpha value is -2.32. The van der Waals surface area contributed by atoms with Gasteiger partial charge in [0.25, 0.3) is 0 Å². The number of thiophene rings is 1. The molecule has 1 saturated heterocycles. The van der Waals surface area contributed by atoms with E-state index in [1.54, 1.807) is 18.4 Å². The van der Waals surface area contributed by atoms with Crippen molar-refractivity contribution in [2.24, 2.45) is 0 Å². The van der Waals surface area contributed by atoms with E-state index in [1.807, 2.05) is 12.1 Å². The minimum absolute atomic E-state index is 0.274. The van der Waals surface area contributed by atoms with Gasteiger partial charge in [-0.1, -0.05) is 0 Å². The second-order valence-corrected chi connectivity index (χ2v) is 9.00. The lowest BCUT2D eigenvalue weighted by molar-refractivity contribution is 0.0601. The van der Waals surface area contributed by atoms with E-state index in [-0.39, 0.29) is 5.97 Å². The molecule has 6 nitrogen and oxygen atoms in total. The van der Waals surface area contributed by atoms with Crippen LogP contribution in [-0.4, -0.2) is 56.4 Å². The summed E-state index contributed by atoms with van der Waals surface area (Å²) in [5, 5.41) is 4.87. The molecule has 0 amide bonds. The average molecular weight is 446 g/mol. The van der Waals surface area contributed by atoms with Crippen LogP contribution in [-0.2, 0) is 17.6 Å². The van der Waals surface area contributed by atoms with Gasteiger partial charge in [-0.15, -0.1) is 11.3 Å². The molecule has 4 rings (SSSR count). The SMILES string of the molecule is COC(=O)c1c(NC(=S)N2CCN(c3ccc(OC)cc3)CC2)sc2c1CCCC2. The number of methoxy groups -OCH3 is 2. The molecule has 0 saturated carbocycles. The maximum atomic E-state index is 12.4. The molecule has 1 aromatic heterocycles. The fraction of sp³-hybridized carbons (Fsp3) is 0.455. The number of piperazine rings is 1. The number of rotatable bonds is 4. The topological polar surface area (TPSA) is 54.0 Å². The molecule has 8 heteroatoms. The van der Waals surface area contributed by atoms with Crippen molar-refractivity contribution in [2.75, 3.05) is 50.6 Å². The van der Waals surface area contributed by atoms with Gasteiger partial charge in [0.2, 0.25) is 0 Å². The Kier molecular flexibility index (Phi) is 6.43. The standard InChI is InChI=1S/C22H27N3O3S2/c1-27-16-9-7-15(8-10-16)24-11-13-25(14-12-24)22(29)23-20-19(21(26)28-2)17-5-3-4-6-18(17)30-20/h7-10H,3-6,11-14H2,1-2H3,(H,23,29). The third kappa shape index (κ3) is 4.25. The summed E-state index contributed by atoms with van der Waals surface area (Å²) in [6, 6.07) is 8.15. The summed E-state index contributed by atoms with van der Waals surface area (Å²) in [7, 11) is 3.12. The highest BCUT2D eigenvalue weighted by molar-refractivity contribution is 7.80. The lowest BCUT2D eigenvalue weighted by Crippen LogP contribution is -2.50. The summed E-state index contributed by atoms with van der Waals surface area (Å²) in [5.41, 5.74) is 3.01. The Morgan fingerprint density at radius 2 is 1.77 bits per heavy atom. The van der Waals surface area contributed by atoms with Crippen molar-refractivity contribution >= 4 is 45.3 Å². The first-order chi connectivity index (χ1) is 14.6. The largest absolute Gasteiger partial charge is 0.497 e.